The Morgan fingerprint density at radius 3 is 1.13 bits per heavy atom. The van der Waals surface area contributed by atoms with Crippen LogP contribution in [0.4, 0.5) is 0 Å². The van der Waals surface area contributed by atoms with E-state index in [1.807, 2.05) is 0 Å². The van der Waals surface area contributed by atoms with Gasteiger partial charge < -0.3 is 18.8 Å². The minimum atomic E-state index is 0.364. The van der Waals surface area contributed by atoms with E-state index in [1.54, 1.807) is 0 Å². The number of hydrogen-bond acceptors (Lipinski definition) is 2. The zero-order valence-corrected chi connectivity index (χ0v) is 19.8. The highest BCUT2D eigenvalue weighted by Gasteiger charge is 2.51. The summed E-state index contributed by atoms with van der Waals surface area (Å²) in [6, 6.07) is 0. The first-order chi connectivity index (χ1) is 14.2. The maximum Gasteiger partial charge on any atom is 0.277 e. The van der Waals surface area contributed by atoms with E-state index in [0.717, 1.165) is 74.4 Å². The van der Waals surface area contributed by atoms with Crippen molar-refractivity contribution in [1.82, 2.24) is 9.80 Å². The van der Waals surface area contributed by atoms with Gasteiger partial charge in [-0.3, -0.25) is 9.59 Å². The van der Waals surface area contributed by atoms with Crippen molar-refractivity contribution in [2.75, 3.05) is 78.5 Å². The van der Waals surface area contributed by atoms with Crippen LogP contribution >= 0.6 is 0 Å². The Bertz CT molecular complexity index is 565. The third-order valence-corrected chi connectivity index (χ3v) is 8.53. The number of likely N-dealkylation sites (tertiary alicyclic amines) is 2. The van der Waals surface area contributed by atoms with Gasteiger partial charge in [-0.1, -0.05) is 27.7 Å². The van der Waals surface area contributed by atoms with E-state index in [4.69, 9.17) is 0 Å². The second-order valence-corrected chi connectivity index (χ2v) is 11.8. The molecule has 4 atom stereocenters. The fourth-order valence-electron chi connectivity index (χ4n) is 6.92. The zero-order valence-electron chi connectivity index (χ0n) is 19.8. The predicted molar refractivity (Wildman–Crippen MR) is 119 cm³/mol. The van der Waals surface area contributed by atoms with Gasteiger partial charge in [0, 0.05) is 26.2 Å². The Morgan fingerprint density at radius 1 is 0.600 bits per heavy atom. The second kappa shape index (κ2) is 8.42. The molecule has 0 aromatic carbocycles. The topological polar surface area (TPSA) is 40.6 Å². The summed E-state index contributed by atoms with van der Waals surface area (Å²) in [5.41, 5.74) is 0. The van der Waals surface area contributed by atoms with E-state index in [-0.39, 0.29) is 0 Å². The number of carbonyl (C=O) groups excluding carboxylic acids is 2. The number of quaternary nitrogens is 2. The molecule has 0 saturated carbocycles. The van der Waals surface area contributed by atoms with E-state index in [2.05, 4.69) is 37.5 Å². The molecule has 6 heteroatoms. The Morgan fingerprint density at radius 2 is 0.867 bits per heavy atom. The summed E-state index contributed by atoms with van der Waals surface area (Å²) in [6.07, 6.45) is 2.48. The summed E-state index contributed by atoms with van der Waals surface area (Å²) in [4.78, 5) is 30.5. The van der Waals surface area contributed by atoms with Gasteiger partial charge in [-0.05, 0) is 36.5 Å². The highest BCUT2D eigenvalue weighted by Crippen LogP contribution is 2.29. The molecule has 170 valence electrons. The third-order valence-electron chi connectivity index (χ3n) is 8.53. The molecule has 0 aliphatic carbocycles. The highest BCUT2D eigenvalue weighted by molar-refractivity contribution is 5.78. The third kappa shape index (κ3) is 4.69. The molecule has 6 nitrogen and oxygen atoms in total. The zero-order chi connectivity index (χ0) is 21.5. The van der Waals surface area contributed by atoms with Crippen LogP contribution in [0.2, 0.25) is 0 Å². The standard InChI is InChI=1S/C24H44N4O2/c1-19-11-20(2)14-25(13-19)23(29)17-27-5-8-28(9-6-27,10-7-27)18-24(30)26-15-21(3)12-22(4)16-26/h19-22H,5-18H2,1-4H3/q+2/t19-,20-,21-,22+,27?,28?/m0/s1. The van der Waals surface area contributed by atoms with E-state index >= 15 is 0 Å². The van der Waals surface area contributed by atoms with Gasteiger partial charge in [-0.15, -0.1) is 0 Å². The summed E-state index contributed by atoms with van der Waals surface area (Å²) >= 11 is 0. The van der Waals surface area contributed by atoms with Crippen molar-refractivity contribution in [3.05, 3.63) is 0 Å². The second-order valence-electron chi connectivity index (χ2n) is 11.8. The van der Waals surface area contributed by atoms with Crippen LogP contribution in [-0.4, -0.2) is 109 Å². The molecule has 0 aromatic rings. The summed E-state index contributed by atoms with van der Waals surface area (Å²) in [7, 11) is 0. The molecular formula is C24H44N4O2+2. The van der Waals surface area contributed by atoms with Crippen molar-refractivity contribution in [2.45, 2.75) is 40.5 Å². The number of nitrogens with zero attached hydrogens (tertiary/aromatic N) is 4. The maximum atomic E-state index is 13.1. The Balaban J connectivity index is 1.31. The van der Waals surface area contributed by atoms with Crippen molar-refractivity contribution in [1.29, 1.82) is 0 Å². The van der Waals surface area contributed by atoms with Gasteiger partial charge in [0.25, 0.3) is 11.8 Å². The molecule has 30 heavy (non-hydrogen) atoms. The van der Waals surface area contributed by atoms with E-state index < -0.39 is 0 Å². The number of carbonyl (C=O) groups is 2. The molecule has 0 radical (unpaired) electrons. The molecule has 2 bridgehead atoms. The summed E-state index contributed by atoms with van der Waals surface area (Å²) in [6.45, 7) is 20.6. The molecule has 5 rings (SSSR count). The number of rotatable bonds is 4. The molecule has 2 amide bonds. The van der Waals surface area contributed by atoms with Crippen LogP contribution in [0.15, 0.2) is 0 Å². The van der Waals surface area contributed by atoms with Crippen LogP contribution in [0, 0.1) is 23.7 Å². The first kappa shape index (κ1) is 22.1. The minimum Gasteiger partial charge on any atom is -0.337 e. The predicted octanol–water partition coefficient (Wildman–Crippen LogP) is 1.66. The molecule has 0 spiro atoms. The summed E-state index contributed by atoms with van der Waals surface area (Å²) in [5, 5.41) is 0. The SMILES string of the molecule is C[C@@H]1C[C@H](C)CN(C(=O)C[N+]23CC[N+](CC(=O)N4C[C@@H](C)C[C@H](C)C4)(CC2)CC3)C1. The lowest BCUT2D eigenvalue weighted by atomic mass is 9.91. The Labute approximate surface area is 183 Å². The van der Waals surface area contributed by atoms with Crippen molar-refractivity contribution in [3.63, 3.8) is 0 Å². The van der Waals surface area contributed by atoms with Crippen LogP contribution < -0.4 is 0 Å². The van der Waals surface area contributed by atoms with Crippen LogP contribution in [0.3, 0.4) is 0 Å². The molecule has 0 N–H and O–H groups in total. The smallest absolute Gasteiger partial charge is 0.277 e. The molecule has 5 aliphatic heterocycles. The lowest BCUT2D eigenvalue weighted by Gasteiger charge is -2.55. The van der Waals surface area contributed by atoms with Gasteiger partial charge in [0.1, 0.15) is 39.3 Å². The molecule has 5 heterocycles. The van der Waals surface area contributed by atoms with Gasteiger partial charge in [-0.25, -0.2) is 0 Å². The summed E-state index contributed by atoms with van der Waals surface area (Å²) in [5.74, 6) is 3.21. The molecule has 5 saturated heterocycles. The Kier molecular flexibility index (Phi) is 6.19. The van der Waals surface area contributed by atoms with Crippen LogP contribution in [0.25, 0.3) is 0 Å². The number of piperidine rings is 2. The average Bonchev–Trinajstić information content (AvgIpc) is 2.68. The van der Waals surface area contributed by atoms with Crippen molar-refractivity contribution in [2.24, 2.45) is 23.7 Å². The van der Waals surface area contributed by atoms with Gasteiger partial charge in [0.15, 0.2) is 13.1 Å². The average molecular weight is 421 g/mol. The number of piperazine rings is 3. The normalized spacial score (nSPS) is 41.7. The van der Waals surface area contributed by atoms with Crippen molar-refractivity contribution >= 4 is 11.8 Å². The minimum absolute atomic E-state index is 0.364. The summed E-state index contributed by atoms with van der Waals surface area (Å²) < 4.78 is 1.92. The molecular weight excluding hydrogens is 376 g/mol. The van der Waals surface area contributed by atoms with Gasteiger partial charge >= 0.3 is 0 Å². The lowest BCUT2D eigenvalue weighted by molar-refractivity contribution is -1.07. The van der Waals surface area contributed by atoms with E-state index in [1.165, 1.54) is 12.8 Å². The van der Waals surface area contributed by atoms with Crippen molar-refractivity contribution < 1.29 is 18.6 Å². The van der Waals surface area contributed by atoms with E-state index in [0.29, 0.717) is 48.6 Å². The Hall–Kier alpha value is -1.14. The van der Waals surface area contributed by atoms with Gasteiger partial charge in [0.05, 0.1) is 0 Å². The number of hydrogen-bond donors (Lipinski definition) is 0. The number of amides is 2. The number of fused-ring (bicyclic) bond motifs is 3. The fourth-order valence-corrected chi connectivity index (χ4v) is 6.92. The monoisotopic (exact) mass is 420 g/mol. The first-order valence-corrected chi connectivity index (χ1v) is 12.4. The quantitative estimate of drug-likeness (QED) is 0.649. The lowest BCUT2D eigenvalue weighted by Crippen LogP contribution is -2.77. The molecule has 0 unspecified atom stereocenters. The molecule has 5 fully saturated rings. The maximum absolute atomic E-state index is 13.1. The van der Waals surface area contributed by atoms with Crippen LogP contribution in [-0.2, 0) is 9.59 Å². The fraction of sp³-hybridized carbons (Fsp3) is 0.917. The highest BCUT2D eigenvalue weighted by atomic mass is 16.2. The van der Waals surface area contributed by atoms with Gasteiger partial charge in [0.2, 0.25) is 0 Å². The largest absolute Gasteiger partial charge is 0.337 e. The molecule has 0 aromatic heterocycles. The van der Waals surface area contributed by atoms with Crippen molar-refractivity contribution in [3.8, 4) is 0 Å². The first-order valence-electron chi connectivity index (χ1n) is 12.4. The molecule has 5 aliphatic rings. The van der Waals surface area contributed by atoms with E-state index in [9.17, 15) is 9.59 Å². The van der Waals surface area contributed by atoms with Gasteiger partial charge in [-0.2, -0.15) is 0 Å². The van der Waals surface area contributed by atoms with Crippen LogP contribution in [0.1, 0.15) is 40.5 Å². The van der Waals surface area contributed by atoms with Crippen LogP contribution in [0.5, 0.6) is 0 Å².